The Morgan fingerprint density at radius 3 is 2.45 bits per heavy atom. The lowest BCUT2D eigenvalue weighted by molar-refractivity contribution is 0.152. The first kappa shape index (κ1) is 21.6. The fraction of sp³-hybridized carbons (Fsp3) is 0.300. The predicted octanol–water partition coefficient (Wildman–Crippen LogP) is 3.86. The number of aromatic nitrogens is 7. The molecule has 33 heavy (non-hydrogen) atoms. The first-order valence-electron chi connectivity index (χ1n) is 10.1. The van der Waals surface area contributed by atoms with Gasteiger partial charge in [0.1, 0.15) is 17.8 Å². The van der Waals surface area contributed by atoms with Crippen LogP contribution in [0.4, 0.5) is 14.7 Å². The molecular formula is C20H17ClF2N8OS. The fourth-order valence-corrected chi connectivity index (χ4v) is 4.69. The molecule has 1 unspecified atom stereocenters. The number of rotatable bonds is 6. The van der Waals surface area contributed by atoms with Gasteiger partial charge in [0.15, 0.2) is 5.02 Å². The quantitative estimate of drug-likeness (QED) is 0.376. The molecule has 4 aromatic rings. The van der Waals surface area contributed by atoms with E-state index in [1.807, 2.05) is 35.7 Å². The van der Waals surface area contributed by atoms with E-state index in [2.05, 4.69) is 25.5 Å². The number of hydrogen-bond donors (Lipinski definition) is 0. The Morgan fingerprint density at radius 1 is 1.06 bits per heavy atom. The minimum atomic E-state index is -1.06. The van der Waals surface area contributed by atoms with E-state index in [0.717, 1.165) is 17.8 Å². The van der Waals surface area contributed by atoms with Crippen LogP contribution in [0.3, 0.4) is 0 Å². The molecule has 0 N–H and O–H groups in total. The second-order valence-corrected chi connectivity index (χ2v) is 8.63. The molecule has 9 nitrogen and oxygen atoms in total. The number of hydrogen-bond acceptors (Lipinski definition) is 9. The maximum atomic E-state index is 13.7. The van der Waals surface area contributed by atoms with Gasteiger partial charge in [0, 0.05) is 24.4 Å². The van der Waals surface area contributed by atoms with Crippen LogP contribution in [0.2, 0.25) is 5.02 Å². The molecule has 1 aliphatic rings. The molecule has 1 saturated heterocycles. The Balaban J connectivity index is 1.30. The van der Waals surface area contributed by atoms with Crippen molar-refractivity contribution in [2.45, 2.75) is 25.0 Å². The number of anilines is 1. The van der Waals surface area contributed by atoms with Crippen molar-refractivity contribution in [3.8, 4) is 5.75 Å². The summed E-state index contributed by atoms with van der Waals surface area (Å²) in [4.78, 5) is 13.9. The third kappa shape index (κ3) is 4.62. The van der Waals surface area contributed by atoms with Crippen LogP contribution in [0.1, 0.15) is 35.7 Å². The van der Waals surface area contributed by atoms with Gasteiger partial charge >= 0.3 is 0 Å². The van der Waals surface area contributed by atoms with Gasteiger partial charge in [0.05, 0.1) is 5.01 Å². The van der Waals surface area contributed by atoms with Crippen LogP contribution in [0.15, 0.2) is 42.0 Å². The molecule has 1 aromatic carbocycles. The van der Waals surface area contributed by atoms with Gasteiger partial charge in [-0.05, 0) is 35.4 Å². The van der Waals surface area contributed by atoms with E-state index in [1.165, 1.54) is 22.3 Å². The second kappa shape index (κ2) is 9.32. The predicted molar refractivity (Wildman–Crippen MR) is 116 cm³/mol. The Morgan fingerprint density at radius 2 is 1.79 bits per heavy atom. The van der Waals surface area contributed by atoms with Crippen LogP contribution >= 0.6 is 22.9 Å². The number of piperidine rings is 1. The van der Waals surface area contributed by atoms with Crippen LogP contribution in [-0.4, -0.2) is 48.2 Å². The van der Waals surface area contributed by atoms with E-state index < -0.39 is 23.1 Å². The van der Waals surface area contributed by atoms with Crippen molar-refractivity contribution in [2.24, 2.45) is 0 Å². The van der Waals surface area contributed by atoms with E-state index in [0.29, 0.717) is 24.5 Å². The summed E-state index contributed by atoms with van der Waals surface area (Å²) < 4.78 is 35.0. The van der Waals surface area contributed by atoms with Crippen molar-refractivity contribution < 1.29 is 13.5 Å². The van der Waals surface area contributed by atoms with Gasteiger partial charge in [0.25, 0.3) is 0 Å². The van der Waals surface area contributed by atoms with Crippen molar-refractivity contribution >= 4 is 28.9 Å². The number of tetrazole rings is 1. The van der Waals surface area contributed by atoms with Crippen LogP contribution < -0.4 is 9.64 Å². The number of ether oxygens (including phenoxy) is 1. The fourth-order valence-electron chi connectivity index (χ4n) is 3.61. The molecular weight excluding hydrogens is 474 g/mol. The molecule has 1 fully saturated rings. The standard InChI is InChI=1S/C20H17ClF2N8OS/c21-15-16(22)26-20(27-17(15)23)30-8-6-12(7-9-30)18-25-14(10-33-18)19(31-11-24-28-29-31)32-13-4-2-1-3-5-13/h1-5,10-12,19H,6-9H2. The van der Waals surface area contributed by atoms with Crippen LogP contribution in [0, 0.1) is 11.9 Å². The smallest absolute Gasteiger partial charge is 0.239 e. The van der Waals surface area contributed by atoms with Gasteiger partial charge in [-0.3, -0.25) is 0 Å². The average molecular weight is 491 g/mol. The minimum Gasteiger partial charge on any atom is -0.463 e. The van der Waals surface area contributed by atoms with Crippen molar-refractivity contribution in [1.82, 2.24) is 35.2 Å². The van der Waals surface area contributed by atoms with E-state index in [-0.39, 0.29) is 11.9 Å². The monoisotopic (exact) mass is 490 g/mol. The van der Waals surface area contributed by atoms with Crippen LogP contribution in [0.25, 0.3) is 0 Å². The summed E-state index contributed by atoms with van der Waals surface area (Å²) in [5.74, 6) is -1.25. The van der Waals surface area contributed by atoms with Crippen molar-refractivity contribution in [1.29, 1.82) is 0 Å². The van der Waals surface area contributed by atoms with Crippen LogP contribution in [-0.2, 0) is 0 Å². The zero-order valence-corrected chi connectivity index (χ0v) is 18.6. The second-order valence-electron chi connectivity index (χ2n) is 7.36. The lowest BCUT2D eigenvalue weighted by Crippen LogP contribution is -2.34. The summed E-state index contributed by atoms with van der Waals surface area (Å²) in [6.45, 7) is 1.08. The summed E-state index contributed by atoms with van der Waals surface area (Å²) in [6.07, 6.45) is 2.34. The maximum Gasteiger partial charge on any atom is 0.239 e. The van der Waals surface area contributed by atoms with Gasteiger partial charge in [-0.15, -0.1) is 16.4 Å². The Bertz CT molecular complexity index is 1200. The number of thiazole rings is 1. The largest absolute Gasteiger partial charge is 0.463 e. The zero-order chi connectivity index (χ0) is 22.8. The molecule has 3 aromatic heterocycles. The highest BCUT2D eigenvalue weighted by Crippen LogP contribution is 2.34. The minimum absolute atomic E-state index is 0.00249. The Labute approximate surface area is 196 Å². The number of para-hydroxylation sites is 1. The maximum absolute atomic E-state index is 13.7. The van der Waals surface area contributed by atoms with Gasteiger partial charge in [-0.1, -0.05) is 29.8 Å². The molecule has 0 amide bonds. The lowest BCUT2D eigenvalue weighted by atomic mass is 9.98. The molecule has 0 radical (unpaired) electrons. The van der Waals surface area contributed by atoms with Gasteiger partial charge in [-0.2, -0.15) is 23.4 Å². The lowest BCUT2D eigenvalue weighted by Gasteiger charge is -2.31. The topological polar surface area (TPSA) is 94.7 Å². The van der Waals surface area contributed by atoms with E-state index >= 15 is 0 Å². The third-order valence-corrected chi connectivity index (χ3v) is 6.61. The first-order chi connectivity index (χ1) is 16.1. The van der Waals surface area contributed by atoms with Crippen molar-refractivity contribution in [3.05, 3.63) is 69.7 Å². The third-order valence-electron chi connectivity index (χ3n) is 5.27. The van der Waals surface area contributed by atoms with Gasteiger partial charge in [-0.25, -0.2) is 4.98 Å². The molecule has 0 aliphatic carbocycles. The summed E-state index contributed by atoms with van der Waals surface area (Å²) in [6, 6.07) is 9.38. The van der Waals surface area contributed by atoms with Gasteiger partial charge < -0.3 is 9.64 Å². The Kier molecular flexibility index (Phi) is 6.09. The van der Waals surface area contributed by atoms with E-state index in [9.17, 15) is 8.78 Å². The normalized spacial score (nSPS) is 15.5. The van der Waals surface area contributed by atoms with E-state index in [1.54, 1.807) is 4.90 Å². The Hall–Kier alpha value is -3.25. The van der Waals surface area contributed by atoms with E-state index in [4.69, 9.17) is 21.3 Å². The van der Waals surface area contributed by atoms with Gasteiger partial charge in [0.2, 0.25) is 24.1 Å². The summed E-state index contributed by atoms with van der Waals surface area (Å²) in [5.41, 5.74) is 0.693. The molecule has 5 rings (SSSR count). The highest BCUT2D eigenvalue weighted by Gasteiger charge is 2.28. The molecule has 1 atom stereocenters. The summed E-state index contributed by atoms with van der Waals surface area (Å²) in [7, 11) is 0. The SMILES string of the molecule is Fc1nc(N2CCC(c3nc(C(Oc4ccccc4)n4cnnn4)cs3)CC2)nc(F)c1Cl. The molecule has 0 spiro atoms. The molecule has 1 aliphatic heterocycles. The molecule has 0 saturated carbocycles. The van der Waals surface area contributed by atoms with Crippen LogP contribution in [0.5, 0.6) is 5.75 Å². The zero-order valence-electron chi connectivity index (χ0n) is 17.1. The summed E-state index contributed by atoms with van der Waals surface area (Å²) in [5, 5.41) is 13.6. The summed E-state index contributed by atoms with van der Waals surface area (Å²) >= 11 is 7.02. The molecule has 0 bridgehead atoms. The molecule has 13 heteroatoms. The highest BCUT2D eigenvalue weighted by atomic mass is 35.5. The number of nitrogens with zero attached hydrogens (tertiary/aromatic N) is 8. The van der Waals surface area contributed by atoms with Crippen molar-refractivity contribution in [3.63, 3.8) is 0 Å². The average Bonchev–Trinajstić information content (AvgIpc) is 3.54. The number of halogens is 3. The highest BCUT2D eigenvalue weighted by molar-refractivity contribution is 7.09. The first-order valence-corrected chi connectivity index (χ1v) is 11.4. The van der Waals surface area contributed by atoms with Crippen molar-refractivity contribution in [2.75, 3.05) is 18.0 Å². The number of benzene rings is 1. The molecule has 4 heterocycles. The molecule has 170 valence electrons.